The van der Waals surface area contributed by atoms with Crippen molar-refractivity contribution in [3.63, 3.8) is 0 Å². The molecule has 0 radical (unpaired) electrons. The summed E-state index contributed by atoms with van der Waals surface area (Å²) < 4.78 is 0. The minimum Gasteiger partial charge on any atom is -0.351 e. The average Bonchev–Trinajstić information content (AvgIpc) is 2.76. The molecule has 4 heteroatoms. The zero-order valence-corrected chi connectivity index (χ0v) is 8.92. The zero-order valence-electron chi connectivity index (χ0n) is 8.92. The van der Waals surface area contributed by atoms with E-state index in [1.807, 2.05) is 24.3 Å². The summed E-state index contributed by atoms with van der Waals surface area (Å²) in [7, 11) is 0. The lowest BCUT2D eigenvalue weighted by Crippen LogP contribution is -2.24. The van der Waals surface area contributed by atoms with Gasteiger partial charge in [-0.1, -0.05) is 6.07 Å². The van der Waals surface area contributed by atoms with Crippen molar-refractivity contribution >= 4 is 5.91 Å². The fourth-order valence-corrected chi connectivity index (χ4v) is 1.77. The number of hydrogen-bond acceptors (Lipinski definition) is 3. The summed E-state index contributed by atoms with van der Waals surface area (Å²) in [5, 5.41) is 14.3. The Kier molecular flexibility index (Phi) is 3.18. The minimum atomic E-state index is -0.107. The number of carbonyl (C=O) groups is 1. The molecule has 0 unspecified atom stereocenters. The number of nitrogens with zero attached hydrogens (tertiary/aromatic N) is 1. The maximum atomic E-state index is 11.7. The normalized spacial score (nSPS) is 12.9. The van der Waals surface area contributed by atoms with Crippen LogP contribution in [0.3, 0.4) is 0 Å². The van der Waals surface area contributed by atoms with Crippen LogP contribution in [0, 0.1) is 11.3 Å². The molecule has 0 fully saturated rings. The van der Waals surface area contributed by atoms with Gasteiger partial charge in [0.1, 0.15) is 0 Å². The van der Waals surface area contributed by atoms with Crippen molar-refractivity contribution in [2.75, 3.05) is 6.54 Å². The van der Waals surface area contributed by atoms with Crippen molar-refractivity contribution in [1.82, 2.24) is 10.6 Å². The molecule has 0 aliphatic carbocycles. The van der Waals surface area contributed by atoms with E-state index in [1.165, 1.54) is 11.1 Å². The van der Waals surface area contributed by atoms with E-state index in [9.17, 15) is 4.79 Å². The van der Waals surface area contributed by atoms with Gasteiger partial charge in [-0.3, -0.25) is 4.79 Å². The molecule has 2 rings (SSSR count). The fraction of sp³-hybridized carbons (Fsp3) is 0.333. The Morgan fingerprint density at radius 2 is 2.25 bits per heavy atom. The number of carbonyl (C=O) groups excluding carboxylic acids is 1. The van der Waals surface area contributed by atoms with Gasteiger partial charge in [0.15, 0.2) is 0 Å². The number of amides is 1. The largest absolute Gasteiger partial charge is 0.351 e. The van der Waals surface area contributed by atoms with Crippen LogP contribution in [0.25, 0.3) is 0 Å². The van der Waals surface area contributed by atoms with Crippen LogP contribution in [0.4, 0.5) is 0 Å². The van der Waals surface area contributed by atoms with E-state index in [1.54, 1.807) is 0 Å². The average molecular weight is 215 g/mol. The Balaban J connectivity index is 2.04. The van der Waals surface area contributed by atoms with Crippen molar-refractivity contribution in [1.29, 1.82) is 5.26 Å². The quantitative estimate of drug-likeness (QED) is 0.737. The zero-order chi connectivity index (χ0) is 11.4. The molecule has 16 heavy (non-hydrogen) atoms. The van der Waals surface area contributed by atoms with Gasteiger partial charge >= 0.3 is 0 Å². The predicted octanol–water partition coefficient (Wildman–Crippen LogP) is 0.933. The Morgan fingerprint density at radius 3 is 3.06 bits per heavy atom. The summed E-state index contributed by atoms with van der Waals surface area (Å²) in [6, 6.07) is 7.71. The van der Waals surface area contributed by atoms with Crippen molar-refractivity contribution in [3.8, 4) is 6.07 Å². The Bertz CT molecular complexity index is 448. The Hall–Kier alpha value is -1.86. The first-order valence-corrected chi connectivity index (χ1v) is 5.29. The second-order valence-electron chi connectivity index (χ2n) is 3.75. The van der Waals surface area contributed by atoms with Crippen LogP contribution in [-0.4, -0.2) is 12.5 Å². The van der Waals surface area contributed by atoms with Crippen LogP contribution in [-0.2, 0) is 13.1 Å². The van der Waals surface area contributed by atoms with Gasteiger partial charge in [-0.25, -0.2) is 0 Å². The molecular formula is C12H13N3O. The second-order valence-corrected chi connectivity index (χ2v) is 3.75. The highest BCUT2D eigenvalue weighted by atomic mass is 16.1. The van der Waals surface area contributed by atoms with Gasteiger partial charge in [-0.2, -0.15) is 5.26 Å². The molecule has 0 bridgehead atoms. The molecule has 1 aliphatic heterocycles. The van der Waals surface area contributed by atoms with Crippen LogP contribution in [0.2, 0.25) is 0 Å². The first kappa shape index (κ1) is 10.7. The van der Waals surface area contributed by atoms with Crippen molar-refractivity contribution in [2.24, 2.45) is 0 Å². The van der Waals surface area contributed by atoms with Crippen LogP contribution < -0.4 is 10.6 Å². The molecule has 1 aromatic carbocycles. The summed E-state index contributed by atoms with van der Waals surface area (Å²) in [4.78, 5) is 11.7. The van der Waals surface area contributed by atoms with Gasteiger partial charge in [-0.15, -0.1) is 0 Å². The third-order valence-electron chi connectivity index (χ3n) is 2.62. The molecule has 1 aliphatic rings. The van der Waals surface area contributed by atoms with Gasteiger partial charge in [0.2, 0.25) is 0 Å². The summed E-state index contributed by atoms with van der Waals surface area (Å²) in [6.45, 7) is 2.12. The van der Waals surface area contributed by atoms with Gasteiger partial charge in [0.25, 0.3) is 5.91 Å². The third kappa shape index (κ3) is 2.20. The number of benzene rings is 1. The number of rotatable bonds is 3. The predicted molar refractivity (Wildman–Crippen MR) is 59.5 cm³/mol. The molecule has 1 amide bonds. The topological polar surface area (TPSA) is 64.9 Å². The molecule has 0 atom stereocenters. The highest BCUT2D eigenvalue weighted by molar-refractivity contribution is 5.94. The fourth-order valence-electron chi connectivity index (χ4n) is 1.77. The summed E-state index contributed by atoms with van der Waals surface area (Å²) in [5.41, 5.74) is 3.11. The Morgan fingerprint density at radius 1 is 1.44 bits per heavy atom. The van der Waals surface area contributed by atoms with Crippen molar-refractivity contribution in [3.05, 3.63) is 34.9 Å². The molecule has 0 aromatic heterocycles. The molecule has 0 spiro atoms. The van der Waals surface area contributed by atoms with Crippen molar-refractivity contribution < 1.29 is 4.79 Å². The summed E-state index contributed by atoms with van der Waals surface area (Å²) in [6.07, 6.45) is 0.345. The number of hydrogen-bond donors (Lipinski definition) is 2. The standard InChI is InChI=1S/C12H13N3O/c13-4-1-5-15-12(16)9-2-3-10-7-14-8-11(10)6-9/h2-3,6,14H,1,5,7-8H2,(H,15,16). The first-order valence-electron chi connectivity index (χ1n) is 5.29. The SMILES string of the molecule is N#CCCNC(=O)c1ccc2c(c1)CNC2. The van der Waals surface area contributed by atoms with Gasteiger partial charge in [0, 0.05) is 25.2 Å². The van der Waals surface area contributed by atoms with E-state index in [0.29, 0.717) is 18.5 Å². The molecule has 1 heterocycles. The number of nitrogens with one attached hydrogen (secondary N) is 2. The Labute approximate surface area is 94.3 Å². The van der Waals surface area contributed by atoms with E-state index in [0.717, 1.165) is 13.1 Å². The molecule has 4 nitrogen and oxygen atoms in total. The number of fused-ring (bicyclic) bond motifs is 1. The summed E-state index contributed by atoms with van der Waals surface area (Å²) >= 11 is 0. The lowest BCUT2D eigenvalue weighted by molar-refractivity contribution is 0.0954. The van der Waals surface area contributed by atoms with Crippen LogP contribution >= 0.6 is 0 Å². The maximum Gasteiger partial charge on any atom is 0.251 e. The van der Waals surface area contributed by atoms with E-state index in [-0.39, 0.29) is 5.91 Å². The van der Waals surface area contributed by atoms with Crippen molar-refractivity contribution in [2.45, 2.75) is 19.5 Å². The molecule has 0 saturated heterocycles. The van der Waals surface area contributed by atoms with E-state index >= 15 is 0 Å². The lowest BCUT2D eigenvalue weighted by Gasteiger charge is -2.04. The maximum absolute atomic E-state index is 11.7. The first-order chi connectivity index (χ1) is 7.81. The molecule has 2 N–H and O–H groups in total. The molecule has 1 aromatic rings. The van der Waals surface area contributed by atoms with Gasteiger partial charge < -0.3 is 10.6 Å². The van der Waals surface area contributed by atoms with Crippen LogP contribution in [0.5, 0.6) is 0 Å². The third-order valence-corrected chi connectivity index (χ3v) is 2.62. The van der Waals surface area contributed by atoms with Gasteiger partial charge in [-0.05, 0) is 23.3 Å². The highest BCUT2D eigenvalue weighted by Gasteiger charge is 2.12. The van der Waals surface area contributed by atoms with E-state index in [4.69, 9.17) is 5.26 Å². The van der Waals surface area contributed by atoms with Crippen LogP contribution in [0.15, 0.2) is 18.2 Å². The highest BCUT2D eigenvalue weighted by Crippen LogP contribution is 2.16. The lowest BCUT2D eigenvalue weighted by atomic mass is 10.1. The molecular weight excluding hydrogens is 202 g/mol. The molecule has 0 saturated carbocycles. The second kappa shape index (κ2) is 4.77. The monoisotopic (exact) mass is 215 g/mol. The number of nitriles is 1. The molecule has 82 valence electrons. The van der Waals surface area contributed by atoms with Gasteiger partial charge in [0.05, 0.1) is 12.5 Å². The smallest absolute Gasteiger partial charge is 0.251 e. The van der Waals surface area contributed by atoms with E-state index < -0.39 is 0 Å². The minimum absolute atomic E-state index is 0.107. The van der Waals surface area contributed by atoms with E-state index in [2.05, 4.69) is 10.6 Å². The summed E-state index contributed by atoms with van der Waals surface area (Å²) in [5.74, 6) is -0.107. The van der Waals surface area contributed by atoms with Crippen LogP contribution in [0.1, 0.15) is 27.9 Å².